The number of nitrogens with zero attached hydrogens (tertiary/aromatic N) is 2. The molecule has 7 heteroatoms. The van der Waals surface area contributed by atoms with E-state index in [9.17, 15) is 14.7 Å². The summed E-state index contributed by atoms with van der Waals surface area (Å²) in [5.41, 5.74) is 0.275. The number of ether oxygens (including phenoxy) is 1. The van der Waals surface area contributed by atoms with Crippen molar-refractivity contribution in [1.29, 1.82) is 0 Å². The van der Waals surface area contributed by atoms with Gasteiger partial charge in [0, 0.05) is 49.6 Å². The maximum absolute atomic E-state index is 12.8. The minimum Gasteiger partial charge on any atom is -0.461 e. The molecular formula is C22H30N2O4S. The van der Waals surface area contributed by atoms with Crippen LogP contribution in [-0.4, -0.2) is 78.0 Å². The quantitative estimate of drug-likeness (QED) is 0.598. The van der Waals surface area contributed by atoms with E-state index in [1.54, 1.807) is 11.8 Å². The number of likely N-dealkylation sites (tertiary alicyclic amines) is 2. The number of hydrogen-bond acceptors (Lipinski definition) is 6. The second-order valence-corrected chi connectivity index (χ2v) is 9.44. The third-order valence-corrected chi connectivity index (χ3v) is 7.43. The number of carbonyl (C=O) groups excluding carboxylic acids is 2. The summed E-state index contributed by atoms with van der Waals surface area (Å²) in [5, 5.41) is 9.66. The maximum Gasteiger partial charge on any atom is 0.312 e. The van der Waals surface area contributed by atoms with E-state index in [-0.39, 0.29) is 24.1 Å². The Morgan fingerprint density at radius 3 is 2.45 bits per heavy atom. The number of thioether (sulfide) groups is 1. The molecule has 1 amide bonds. The topological polar surface area (TPSA) is 70.1 Å². The molecule has 1 aromatic rings. The van der Waals surface area contributed by atoms with Gasteiger partial charge < -0.3 is 14.7 Å². The third-order valence-electron chi connectivity index (χ3n) is 6.69. The Bertz CT molecular complexity index is 738. The molecule has 0 aromatic heterocycles. The molecule has 6 nitrogen and oxygen atoms in total. The summed E-state index contributed by atoms with van der Waals surface area (Å²) in [7, 11) is 0. The number of piperidine rings is 2. The minimum absolute atomic E-state index is 0.0438. The van der Waals surface area contributed by atoms with Gasteiger partial charge in [0.2, 0.25) is 0 Å². The first-order valence-electron chi connectivity index (χ1n) is 10.5. The van der Waals surface area contributed by atoms with Gasteiger partial charge in [0.25, 0.3) is 5.91 Å². The van der Waals surface area contributed by atoms with E-state index in [2.05, 4.69) is 4.90 Å². The highest BCUT2D eigenvalue weighted by atomic mass is 32.2. The van der Waals surface area contributed by atoms with E-state index < -0.39 is 5.41 Å². The van der Waals surface area contributed by atoms with Crippen molar-refractivity contribution in [2.45, 2.75) is 49.2 Å². The van der Waals surface area contributed by atoms with Crippen LogP contribution in [0.4, 0.5) is 0 Å². The highest BCUT2D eigenvalue weighted by molar-refractivity contribution is 7.98. The van der Waals surface area contributed by atoms with Crippen LogP contribution in [0.15, 0.2) is 29.2 Å². The van der Waals surface area contributed by atoms with E-state index in [4.69, 9.17) is 4.74 Å². The molecule has 3 saturated heterocycles. The monoisotopic (exact) mass is 418 g/mol. The Labute approximate surface area is 176 Å². The van der Waals surface area contributed by atoms with Crippen molar-refractivity contribution in [1.82, 2.24) is 9.80 Å². The van der Waals surface area contributed by atoms with Crippen LogP contribution >= 0.6 is 11.8 Å². The molecule has 29 heavy (non-hydrogen) atoms. The lowest BCUT2D eigenvalue weighted by Crippen LogP contribution is -2.45. The summed E-state index contributed by atoms with van der Waals surface area (Å²) in [6.07, 6.45) is 5.44. The zero-order chi connectivity index (χ0) is 20.4. The van der Waals surface area contributed by atoms with E-state index in [0.717, 1.165) is 43.8 Å². The molecule has 158 valence electrons. The van der Waals surface area contributed by atoms with Crippen molar-refractivity contribution in [3.8, 4) is 0 Å². The summed E-state index contributed by atoms with van der Waals surface area (Å²) in [5.74, 6) is -0.0433. The fourth-order valence-electron chi connectivity index (χ4n) is 4.79. The van der Waals surface area contributed by atoms with Crippen LogP contribution in [0, 0.1) is 5.41 Å². The molecule has 1 spiro atoms. The number of benzene rings is 1. The molecule has 3 heterocycles. The van der Waals surface area contributed by atoms with Crippen LogP contribution in [0.3, 0.4) is 0 Å². The second kappa shape index (κ2) is 8.66. The SMILES string of the molecule is CSc1ccc(C(=O)N2CCC3(CC2)CC(CN2CCC(O)CC2)OC3=O)cc1. The summed E-state index contributed by atoms with van der Waals surface area (Å²) in [4.78, 5) is 30.8. The van der Waals surface area contributed by atoms with Gasteiger partial charge in [-0.3, -0.25) is 14.5 Å². The molecule has 0 aliphatic carbocycles. The van der Waals surface area contributed by atoms with Gasteiger partial charge in [0.15, 0.2) is 0 Å². The third kappa shape index (κ3) is 4.47. The lowest BCUT2D eigenvalue weighted by Gasteiger charge is -2.36. The van der Waals surface area contributed by atoms with Crippen LogP contribution in [-0.2, 0) is 9.53 Å². The number of aliphatic hydroxyl groups excluding tert-OH is 1. The fraction of sp³-hybridized carbons (Fsp3) is 0.636. The lowest BCUT2D eigenvalue weighted by atomic mass is 9.76. The summed E-state index contributed by atoms with van der Waals surface area (Å²) >= 11 is 1.66. The molecule has 0 radical (unpaired) electrons. The highest BCUT2D eigenvalue weighted by Gasteiger charge is 2.51. The zero-order valence-electron chi connectivity index (χ0n) is 17.0. The fourth-order valence-corrected chi connectivity index (χ4v) is 5.20. The molecule has 0 bridgehead atoms. The molecule has 0 saturated carbocycles. The van der Waals surface area contributed by atoms with Crippen molar-refractivity contribution in [3.63, 3.8) is 0 Å². The number of rotatable bonds is 4. The normalized spacial score (nSPS) is 25.4. The van der Waals surface area contributed by atoms with Gasteiger partial charge in [-0.2, -0.15) is 0 Å². The predicted molar refractivity (Wildman–Crippen MR) is 112 cm³/mol. The lowest BCUT2D eigenvalue weighted by molar-refractivity contribution is -0.151. The Morgan fingerprint density at radius 2 is 1.83 bits per heavy atom. The number of amides is 1. The molecule has 1 N–H and O–H groups in total. The van der Waals surface area contributed by atoms with Gasteiger partial charge in [-0.05, 0) is 56.2 Å². The number of cyclic esters (lactones) is 1. The van der Waals surface area contributed by atoms with Crippen LogP contribution < -0.4 is 0 Å². The van der Waals surface area contributed by atoms with Crippen molar-refractivity contribution < 1.29 is 19.4 Å². The Kier molecular flexibility index (Phi) is 6.18. The largest absolute Gasteiger partial charge is 0.461 e. The van der Waals surface area contributed by atoms with Gasteiger partial charge in [0.05, 0.1) is 11.5 Å². The van der Waals surface area contributed by atoms with Gasteiger partial charge in [-0.1, -0.05) is 0 Å². The van der Waals surface area contributed by atoms with Crippen LogP contribution in [0.2, 0.25) is 0 Å². The van der Waals surface area contributed by atoms with Gasteiger partial charge in [-0.15, -0.1) is 11.8 Å². The van der Waals surface area contributed by atoms with Gasteiger partial charge >= 0.3 is 5.97 Å². The molecule has 1 unspecified atom stereocenters. The van der Waals surface area contributed by atoms with Crippen molar-refractivity contribution >= 4 is 23.6 Å². The molecule has 3 aliphatic rings. The Morgan fingerprint density at radius 1 is 1.17 bits per heavy atom. The summed E-state index contributed by atoms with van der Waals surface area (Å²) in [6.45, 7) is 3.67. The number of carbonyl (C=O) groups is 2. The molecule has 3 aliphatic heterocycles. The van der Waals surface area contributed by atoms with E-state index in [1.165, 1.54) is 0 Å². The van der Waals surface area contributed by atoms with Crippen LogP contribution in [0.1, 0.15) is 42.5 Å². The van der Waals surface area contributed by atoms with Crippen molar-refractivity contribution in [3.05, 3.63) is 29.8 Å². The van der Waals surface area contributed by atoms with E-state index in [1.807, 2.05) is 35.4 Å². The standard InChI is InChI=1S/C22H30N2O4S/c1-29-19-4-2-16(3-5-19)20(26)24-12-8-22(9-13-24)14-18(28-21(22)27)15-23-10-6-17(25)7-11-23/h2-5,17-18,25H,6-15H2,1H3. The Balaban J connectivity index is 1.32. The average molecular weight is 419 g/mol. The number of aliphatic hydroxyl groups is 1. The maximum atomic E-state index is 12.8. The first kappa shape index (κ1) is 20.7. The van der Waals surface area contributed by atoms with Gasteiger partial charge in [0.1, 0.15) is 6.10 Å². The van der Waals surface area contributed by atoms with E-state index >= 15 is 0 Å². The Hall–Kier alpha value is -1.57. The highest BCUT2D eigenvalue weighted by Crippen LogP contribution is 2.43. The second-order valence-electron chi connectivity index (χ2n) is 8.56. The van der Waals surface area contributed by atoms with Gasteiger partial charge in [-0.25, -0.2) is 0 Å². The van der Waals surface area contributed by atoms with Crippen molar-refractivity contribution in [2.24, 2.45) is 5.41 Å². The average Bonchev–Trinajstić information content (AvgIpc) is 3.04. The van der Waals surface area contributed by atoms with Crippen LogP contribution in [0.5, 0.6) is 0 Å². The predicted octanol–water partition coefficient (Wildman–Crippen LogP) is 2.40. The molecular weight excluding hydrogens is 388 g/mol. The minimum atomic E-state index is -0.431. The molecule has 4 rings (SSSR count). The molecule has 1 aromatic carbocycles. The summed E-state index contributed by atoms with van der Waals surface area (Å²) < 4.78 is 5.74. The summed E-state index contributed by atoms with van der Waals surface area (Å²) in [6, 6.07) is 7.71. The van der Waals surface area contributed by atoms with E-state index in [0.29, 0.717) is 31.5 Å². The van der Waals surface area contributed by atoms with Crippen molar-refractivity contribution in [2.75, 3.05) is 39.0 Å². The first-order valence-corrected chi connectivity index (χ1v) is 11.8. The zero-order valence-corrected chi connectivity index (χ0v) is 17.8. The van der Waals surface area contributed by atoms with Crippen LogP contribution in [0.25, 0.3) is 0 Å². The smallest absolute Gasteiger partial charge is 0.312 e. The molecule has 1 atom stereocenters. The number of esters is 1. The molecule has 3 fully saturated rings. The first-order chi connectivity index (χ1) is 14.0. The number of hydrogen-bond donors (Lipinski definition) is 1.